The van der Waals surface area contributed by atoms with Crippen LogP contribution in [0.1, 0.15) is 12.0 Å². The zero-order valence-corrected chi connectivity index (χ0v) is 12.9. The molecule has 0 unspecified atom stereocenters. The second kappa shape index (κ2) is 4.30. The third-order valence-electron chi connectivity index (χ3n) is 5.21. The molecule has 0 spiro atoms. The molecule has 2 amide bonds. The molecule has 4 atom stereocenters. The van der Waals surface area contributed by atoms with Crippen LogP contribution in [0, 0.1) is 36.0 Å². The third kappa shape index (κ3) is 1.59. The van der Waals surface area contributed by atoms with E-state index in [1.54, 1.807) is 0 Å². The Labute approximate surface area is 136 Å². The number of imide groups is 1. The van der Waals surface area contributed by atoms with Gasteiger partial charge in [-0.25, -0.2) is 9.88 Å². The van der Waals surface area contributed by atoms with Crippen LogP contribution in [0.25, 0.3) is 10.2 Å². The van der Waals surface area contributed by atoms with Gasteiger partial charge >= 0.3 is 0 Å². The summed E-state index contributed by atoms with van der Waals surface area (Å²) < 4.78 is 0.897. The first-order valence-electron chi connectivity index (χ1n) is 7.61. The van der Waals surface area contributed by atoms with Crippen molar-refractivity contribution in [2.24, 2.45) is 23.7 Å². The lowest BCUT2D eigenvalue weighted by Gasteiger charge is -2.14. The van der Waals surface area contributed by atoms with Gasteiger partial charge in [0.2, 0.25) is 11.8 Å². The highest BCUT2D eigenvalue weighted by Crippen LogP contribution is 2.53. The van der Waals surface area contributed by atoms with Crippen LogP contribution in [-0.2, 0) is 9.59 Å². The molecule has 1 saturated carbocycles. The summed E-state index contributed by atoms with van der Waals surface area (Å²) >= 11 is 1.35. The number of aromatic nitrogens is 1. The number of carbonyl (C=O) groups excluding carboxylic acids is 2. The first kappa shape index (κ1) is 13.0. The van der Waals surface area contributed by atoms with E-state index in [1.807, 2.05) is 18.2 Å². The Morgan fingerprint density at radius 1 is 1.17 bits per heavy atom. The molecule has 5 rings (SSSR count). The summed E-state index contributed by atoms with van der Waals surface area (Å²) in [6, 6.07) is 5.52. The highest BCUT2D eigenvalue weighted by Gasteiger charge is 2.60. The van der Waals surface area contributed by atoms with Crippen molar-refractivity contribution < 1.29 is 9.59 Å². The number of amides is 2. The van der Waals surface area contributed by atoms with Crippen LogP contribution in [0.15, 0.2) is 30.4 Å². The van der Waals surface area contributed by atoms with Gasteiger partial charge in [-0.05, 0) is 36.5 Å². The monoisotopic (exact) mass is 320 g/mol. The average Bonchev–Trinajstić information content (AvgIpc) is 3.29. The SMILES string of the molecule is C#Cc1ccc2nc(N3C(=O)[C@@H]4[C@H](C3=O)[C@@H]3C=C[C@H]4C3)sc2c1. The second-order valence-corrected chi connectivity index (χ2v) is 7.34. The minimum absolute atomic E-state index is 0.0897. The number of benzene rings is 1. The van der Waals surface area contributed by atoms with Crippen LogP contribution in [0.2, 0.25) is 0 Å². The highest BCUT2D eigenvalue weighted by atomic mass is 32.1. The molecule has 2 aliphatic carbocycles. The Bertz CT molecular complexity index is 922. The molecule has 2 bridgehead atoms. The fourth-order valence-electron chi connectivity index (χ4n) is 4.19. The molecule has 23 heavy (non-hydrogen) atoms. The largest absolute Gasteiger partial charge is 0.274 e. The minimum atomic E-state index is -0.189. The molecule has 1 saturated heterocycles. The highest BCUT2D eigenvalue weighted by molar-refractivity contribution is 7.22. The fourth-order valence-corrected chi connectivity index (χ4v) is 5.20. The van der Waals surface area contributed by atoms with Gasteiger partial charge in [0.1, 0.15) is 0 Å². The molecule has 1 aliphatic heterocycles. The molecule has 5 heteroatoms. The number of anilines is 1. The quantitative estimate of drug-likeness (QED) is 0.461. The summed E-state index contributed by atoms with van der Waals surface area (Å²) in [5, 5.41) is 0.470. The van der Waals surface area contributed by atoms with Crippen LogP contribution >= 0.6 is 11.3 Å². The maximum absolute atomic E-state index is 12.8. The topological polar surface area (TPSA) is 50.3 Å². The average molecular weight is 320 g/mol. The normalized spacial score (nSPS) is 31.2. The molecule has 2 heterocycles. The van der Waals surface area contributed by atoms with Crippen LogP contribution < -0.4 is 4.90 Å². The Morgan fingerprint density at radius 3 is 2.52 bits per heavy atom. The zero-order valence-electron chi connectivity index (χ0n) is 12.1. The Morgan fingerprint density at radius 2 is 1.87 bits per heavy atom. The molecule has 2 fully saturated rings. The summed E-state index contributed by atoms with van der Waals surface area (Å²) in [7, 11) is 0. The van der Waals surface area contributed by atoms with Crippen molar-refractivity contribution in [2.45, 2.75) is 6.42 Å². The molecular formula is C18H12N2O2S. The Kier molecular flexibility index (Phi) is 2.44. The molecule has 3 aliphatic rings. The standard InChI is InChI=1S/C18H12N2O2S/c1-2-9-3-6-12-13(7-9)23-18(19-12)20-16(21)14-10-4-5-11(8-10)15(14)17(20)22/h1,3-7,10-11,14-15H,8H2/t10-,11+,14-,15+. The van der Waals surface area contributed by atoms with Gasteiger partial charge in [-0.15, -0.1) is 6.42 Å². The zero-order chi connectivity index (χ0) is 15.7. The van der Waals surface area contributed by atoms with Gasteiger partial charge in [-0.1, -0.05) is 29.4 Å². The predicted molar refractivity (Wildman–Crippen MR) is 87.8 cm³/mol. The van der Waals surface area contributed by atoms with Gasteiger partial charge in [0.25, 0.3) is 0 Å². The number of fused-ring (bicyclic) bond motifs is 6. The van der Waals surface area contributed by atoms with E-state index in [-0.39, 0.29) is 35.5 Å². The van der Waals surface area contributed by atoms with E-state index in [4.69, 9.17) is 6.42 Å². The lowest BCUT2D eigenvalue weighted by Crippen LogP contribution is -2.32. The van der Waals surface area contributed by atoms with Crippen molar-refractivity contribution in [2.75, 3.05) is 4.90 Å². The first-order chi connectivity index (χ1) is 11.2. The fraction of sp³-hybridized carbons (Fsp3) is 0.278. The molecular weight excluding hydrogens is 308 g/mol. The van der Waals surface area contributed by atoms with E-state index in [0.717, 1.165) is 22.2 Å². The number of allylic oxidation sites excluding steroid dienone is 2. The summed E-state index contributed by atoms with van der Waals surface area (Å²) in [5.74, 6) is 2.47. The molecule has 1 aromatic heterocycles. The lowest BCUT2D eigenvalue weighted by molar-refractivity contribution is -0.123. The summed E-state index contributed by atoms with van der Waals surface area (Å²) in [5.41, 5.74) is 1.54. The Balaban J connectivity index is 1.59. The summed E-state index contributed by atoms with van der Waals surface area (Å²) in [6.45, 7) is 0. The number of terminal acetylenes is 1. The molecule has 1 aromatic carbocycles. The maximum atomic E-state index is 12.8. The summed E-state index contributed by atoms with van der Waals surface area (Å²) in [6.07, 6.45) is 10.5. The van der Waals surface area contributed by atoms with Crippen molar-refractivity contribution in [3.63, 3.8) is 0 Å². The van der Waals surface area contributed by atoms with Crippen molar-refractivity contribution in [3.05, 3.63) is 35.9 Å². The van der Waals surface area contributed by atoms with E-state index >= 15 is 0 Å². The first-order valence-corrected chi connectivity index (χ1v) is 8.42. The number of rotatable bonds is 1. The van der Waals surface area contributed by atoms with Crippen LogP contribution in [0.5, 0.6) is 0 Å². The number of hydrogen-bond acceptors (Lipinski definition) is 4. The van der Waals surface area contributed by atoms with E-state index < -0.39 is 0 Å². The van der Waals surface area contributed by atoms with Crippen LogP contribution in [0.3, 0.4) is 0 Å². The Hall–Kier alpha value is -2.45. The number of thiazole rings is 1. The van der Waals surface area contributed by atoms with E-state index in [0.29, 0.717) is 5.13 Å². The van der Waals surface area contributed by atoms with Crippen molar-refractivity contribution in [1.29, 1.82) is 0 Å². The van der Waals surface area contributed by atoms with Crippen molar-refractivity contribution >= 4 is 38.5 Å². The van der Waals surface area contributed by atoms with E-state index in [2.05, 4.69) is 23.1 Å². The van der Waals surface area contributed by atoms with Gasteiger partial charge in [0.05, 0.1) is 22.1 Å². The van der Waals surface area contributed by atoms with Gasteiger partial charge in [0.15, 0.2) is 5.13 Å². The van der Waals surface area contributed by atoms with Crippen LogP contribution in [-0.4, -0.2) is 16.8 Å². The van der Waals surface area contributed by atoms with E-state index in [1.165, 1.54) is 16.2 Å². The smallest absolute Gasteiger partial charge is 0.240 e. The second-order valence-electron chi connectivity index (χ2n) is 6.34. The molecule has 0 radical (unpaired) electrons. The molecule has 4 nitrogen and oxygen atoms in total. The number of hydrogen-bond donors (Lipinski definition) is 0. The van der Waals surface area contributed by atoms with Crippen LogP contribution in [0.4, 0.5) is 5.13 Å². The predicted octanol–water partition coefficient (Wildman–Crippen LogP) is 2.59. The molecule has 2 aromatic rings. The van der Waals surface area contributed by atoms with Gasteiger partial charge < -0.3 is 0 Å². The van der Waals surface area contributed by atoms with E-state index in [9.17, 15) is 9.59 Å². The van der Waals surface area contributed by atoms with Gasteiger partial charge in [-0.3, -0.25) is 9.59 Å². The number of nitrogens with zero attached hydrogens (tertiary/aromatic N) is 2. The molecule has 0 N–H and O–H groups in total. The van der Waals surface area contributed by atoms with Crippen molar-refractivity contribution in [3.8, 4) is 12.3 Å². The minimum Gasteiger partial charge on any atom is -0.274 e. The lowest BCUT2D eigenvalue weighted by atomic mass is 9.85. The maximum Gasteiger partial charge on any atom is 0.240 e. The number of carbonyl (C=O) groups is 2. The third-order valence-corrected chi connectivity index (χ3v) is 6.21. The summed E-state index contributed by atoms with van der Waals surface area (Å²) in [4.78, 5) is 31.4. The van der Waals surface area contributed by atoms with Gasteiger partial charge in [0, 0.05) is 5.56 Å². The molecule has 112 valence electrons. The van der Waals surface area contributed by atoms with Gasteiger partial charge in [-0.2, -0.15) is 0 Å². The van der Waals surface area contributed by atoms with Crippen molar-refractivity contribution in [1.82, 2.24) is 4.98 Å².